The van der Waals surface area contributed by atoms with Crippen molar-refractivity contribution in [2.75, 3.05) is 0 Å². The molecular weight excluding hydrogens is 564 g/mol. The van der Waals surface area contributed by atoms with Crippen molar-refractivity contribution >= 4 is 23.1 Å². The van der Waals surface area contributed by atoms with Crippen LogP contribution < -0.4 is 0 Å². The summed E-state index contributed by atoms with van der Waals surface area (Å²) in [7, 11) is 0. The quantitative estimate of drug-likeness (QED) is 0.174. The van der Waals surface area contributed by atoms with E-state index in [0.29, 0.717) is 28.0 Å². The number of allylic oxidation sites excluding steroid dienone is 1. The molecule has 3 aliphatic carbocycles. The molecule has 0 bridgehead atoms. The number of phenolic OH excluding ortho intramolecular Hbond substituents is 1. The maximum atomic E-state index is 14.3. The lowest BCUT2D eigenvalue weighted by Gasteiger charge is -2.56. The number of aliphatic hydroxyl groups excluding tert-OH is 1. The van der Waals surface area contributed by atoms with Crippen LogP contribution in [0.25, 0.3) is 5.76 Å². The van der Waals surface area contributed by atoms with Crippen molar-refractivity contribution in [2.45, 2.75) is 105 Å². The monoisotopic (exact) mass is 606 g/mol. The van der Waals surface area contributed by atoms with Gasteiger partial charge in [0.25, 0.3) is 0 Å². The van der Waals surface area contributed by atoms with Gasteiger partial charge < -0.3 is 29.9 Å². The molecule has 0 amide bonds. The normalized spacial score (nSPS) is 27.1. The number of ketones is 3. The molecule has 1 aromatic heterocycles. The van der Waals surface area contributed by atoms with Gasteiger partial charge in [-0.15, -0.1) is 0 Å². The number of aliphatic hydroxyl groups is 4. The van der Waals surface area contributed by atoms with Gasteiger partial charge in [0, 0.05) is 22.8 Å². The van der Waals surface area contributed by atoms with Gasteiger partial charge in [0.1, 0.15) is 17.3 Å². The van der Waals surface area contributed by atoms with Crippen molar-refractivity contribution in [1.82, 2.24) is 0 Å². The zero-order valence-electron chi connectivity index (χ0n) is 26.6. The van der Waals surface area contributed by atoms with Gasteiger partial charge in [0.2, 0.25) is 11.6 Å². The third-order valence-electron chi connectivity index (χ3n) is 10.3. The summed E-state index contributed by atoms with van der Waals surface area (Å²) in [4.78, 5) is 40.4. The molecule has 236 valence electrons. The van der Waals surface area contributed by atoms with Crippen LogP contribution in [0, 0.1) is 24.7 Å². The highest BCUT2D eigenvalue weighted by atomic mass is 16.5. The number of aromatic hydroxyl groups is 1. The Hall–Kier alpha value is -3.53. The summed E-state index contributed by atoms with van der Waals surface area (Å²) in [5, 5.41) is 57.3. The van der Waals surface area contributed by atoms with Gasteiger partial charge in [-0.2, -0.15) is 0 Å². The Morgan fingerprint density at radius 3 is 2.25 bits per heavy atom. The molecule has 2 aromatic rings. The van der Waals surface area contributed by atoms with Crippen molar-refractivity contribution in [3.05, 3.63) is 68.2 Å². The first-order chi connectivity index (χ1) is 20.2. The second kappa shape index (κ2) is 9.99. The second-order valence-electron chi connectivity index (χ2n) is 14.1. The van der Waals surface area contributed by atoms with Crippen molar-refractivity contribution in [3.8, 4) is 5.75 Å². The SMILES string of the molecule is CC(=O)C1=C(C)CC2(C)CC3(C)Cc4c(C(C)C)cc(CCC(O)(O)c5c(C)coc5C)c(O)c4C(O)=C3C(=O)C2(O)C1=O. The molecule has 0 spiro atoms. The summed E-state index contributed by atoms with van der Waals surface area (Å²) in [5.74, 6) is -5.22. The lowest BCUT2D eigenvalue weighted by atomic mass is 9.46. The number of phenols is 1. The van der Waals surface area contributed by atoms with Crippen molar-refractivity contribution < 1.29 is 44.3 Å². The number of carbonyl (C=O) groups excluding carboxylic acids is 3. The van der Waals surface area contributed by atoms with E-state index < -0.39 is 45.3 Å². The zero-order chi connectivity index (χ0) is 32.9. The number of aryl methyl sites for hydroxylation is 3. The molecule has 5 N–H and O–H groups in total. The summed E-state index contributed by atoms with van der Waals surface area (Å²) in [6.07, 6.45) is 1.85. The predicted molar refractivity (Wildman–Crippen MR) is 162 cm³/mol. The van der Waals surface area contributed by atoms with E-state index in [4.69, 9.17) is 4.42 Å². The Labute approximate surface area is 256 Å². The van der Waals surface area contributed by atoms with E-state index in [1.807, 2.05) is 26.8 Å². The van der Waals surface area contributed by atoms with Crippen LogP contribution in [0.3, 0.4) is 0 Å². The van der Waals surface area contributed by atoms with E-state index >= 15 is 0 Å². The molecule has 3 aliphatic rings. The molecule has 0 radical (unpaired) electrons. The zero-order valence-corrected chi connectivity index (χ0v) is 26.6. The van der Waals surface area contributed by atoms with Crippen LogP contribution in [0.15, 0.2) is 33.5 Å². The Morgan fingerprint density at radius 2 is 1.70 bits per heavy atom. The van der Waals surface area contributed by atoms with Gasteiger partial charge in [0.05, 0.1) is 23.0 Å². The van der Waals surface area contributed by atoms with E-state index in [0.717, 1.165) is 5.56 Å². The Morgan fingerprint density at radius 1 is 1.07 bits per heavy atom. The number of Topliss-reactive ketones (excluding diaryl/α,β-unsaturated/α-hetero) is 3. The molecule has 3 atom stereocenters. The largest absolute Gasteiger partial charge is 0.507 e. The number of hydrogen-bond donors (Lipinski definition) is 5. The summed E-state index contributed by atoms with van der Waals surface area (Å²) in [6, 6.07) is 1.81. The Balaban J connectivity index is 1.66. The van der Waals surface area contributed by atoms with Gasteiger partial charge in [-0.25, -0.2) is 0 Å². The summed E-state index contributed by atoms with van der Waals surface area (Å²) in [5.41, 5.74) is -1.90. The molecule has 1 saturated carbocycles. The first kappa shape index (κ1) is 31.9. The van der Waals surface area contributed by atoms with Crippen LogP contribution in [0.5, 0.6) is 5.75 Å². The third-order valence-corrected chi connectivity index (χ3v) is 10.3. The van der Waals surface area contributed by atoms with Gasteiger partial charge in [0.15, 0.2) is 17.2 Å². The van der Waals surface area contributed by atoms with E-state index in [9.17, 15) is 39.9 Å². The topological polar surface area (TPSA) is 166 Å². The maximum Gasteiger partial charge on any atom is 0.206 e. The first-order valence-corrected chi connectivity index (χ1v) is 15.1. The van der Waals surface area contributed by atoms with Gasteiger partial charge in [-0.3, -0.25) is 14.4 Å². The molecule has 5 rings (SSSR count). The lowest BCUT2D eigenvalue weighted by molar-refractivity contribution is -0.175. The minimum atomic E-state index is -2.56. The van der Waals surface area contributed by atoms with Crippen LogP contribution in [-0.2, 0) is 33.0 Å². The summed E-state index contributed by atoms with van der Waals surface area (Å²) < 4.78 is 5.35. The van der Waals surface area contributed by atoms with Gasteiger partial charge in [-0.1, -0.05) is 39.3 Å². The third kappa shape index (κ3) is 4.27. The first-order valence-electron chi connectivity index (χ1n) is 15.1. The summed E-state index contributed by atoms with van der Waals surface area (Å²) >= 11 is 0. The molecule has 1 heterocycles. The van der Waals surface area contributed by atoms with Crippen molar-refractivity contribution in [3.63, 3.8) is 0 Å². The highest BCUT2D eigenvalue weighted by Crippen LogP contribution is 2.62. The Kier molecular flexibility index (Phi) is 7.24. The fourth-order valence-electron chi connectivity index (χ4n) is 8.49. The molecular formula is C35H42O9. The molecule has 1 aromatic carbocycles. The fourth-order valence-corrected chi connectivity index (χ4v) is 8.49. The average molecular weight is 607 g/mol. The van der Waals surface area contributed by atoms with Gasteiger partial charge >= 0.3 is 0 Å². The maximum absolute atomic E-state index is 14.3. The van der Waals surface area contributed by atoms with Crippen molar-refractivity contribution in [1.29, 1.82) is 0 Å². The van der Waals surface area contributed by atoms with Crippen LogP contribution in [-0.4, -0.2) is 48.5 Å². The number of hydrogen-bond acceptors (Lipinski definition) is 9. The Bertz CT molecular complexity index is 1680. The highest BCUT2D eigenvalue weighted by molar-refractivity contribution is 6.33. The van der Waals surface area contributed by atoms with E-state index in [-0.39, 0.29) is 66.0 Å². The summed E-state index contributed by atoms with van der Waals surface area (Å²) in [6.45, 7) is 13.7. The molecule has 0 aliphatic heterocycles. The standard InChI is InChI=1S/C35H42O9/c1-16(2)22-11-21(9-10-34(41,42)26-18(4)14-44-20(26)6)28(37)25-23(22)13-32(7)15-33(8)12-17(3)24(19(5)36)30(39)35(33,43)31(40)27(32)29(25)38/h11,14,16,37-38,41-43H,9-10,12-13,15H2,1-8H3. The van der Waals surface area contributed by atoms with E-state index in [2.05, 4.69) is 0 Å². The van der Waals surface area contributed by atoms with Crippen LogP contribution in [0.1, 0.15) is 106 Å². The minimum Gasteiger partial charge on any atom is -0.507 e. The van der Waals surface area contributed by atoms with E-state index in [1.165, 1.54) is 13.2 Å². The molecule has 9 heteroatoms. The number of benzene rings is 1. The van der Waals surface area contributed by atoms with Crippen LogP contribution in [0.2, 0.25) is 0 Å². The number of furan rings is 1. The van der Waals surface area contributed by atoms with Gasteiger partial charge in [-0.05, 0) is 81.5 Å². The fraction of sp³-hybridized carbons (Fsp3) is 0.514. The van der Waals surface area contributed by atoms with Crippen molar-refractivity contribution in [2.24, 2.45) is 10.8 Å². The number of carbonyl (C=O) groups is 3. The number of rotatable bonds is 6. The van der Waals surface area contributed by atoms with Crippen LogP contribution in [0.4, 0.5) is 0 Å². The predicted octanol–water partition coefficient (Wildman–Crippen LogP) is 4.92. The molecule has 3 unspecified atom stereocenters. The smallest absolute Gasteiger partial charge is 0.206 e. The molecule has 0 saturated heterocycles. The highest BCUT2D eigenvalue weighted by Gasteiger charge is 2.69. The second-order valence-corrected chi connectivity index (χ2v) is 14.1. The molecule has 1 fully saturated rings. The average Bonchev–Trinajstić information content (AvgIpc) is 3.23. The van der Waals surface area contributed by atoms with E-state index in [1.54, 1.807) is 27.7 Å². The van der Waals surface area contributed by atoms with Crippen LogP contribution >= 0.6 is 0 Å². The minimum absolute atomic E-state index is 0.0102. The lowest BCUT2D eigenvalue weighted by Crippen LogP contribution is -2.67. The molecule has 44 heavy (non-hydrogen) atoms. The molecule has 9 nitrogen and oxygen atoms in total. The number of fused-ring (bicyclic) bond motifs is 3.